The molecule has 2 aliphatic rings. The molecule has 3 heterocycles. The molecular weight excluding hydrogens is 364 g/mol. The first-order valence-electron chi connectivity index (χ1n) is 7.29. The first kappa shape index (κ1) is 17.4. The van der Waals surface area contributed by atoms with Crippen molar-refractivity contribution < 1.29 is 9.59 Å². The van der Waals surface area contributed by atoms with E-state index < -0.39 is 0 Å². The maximum absolute atomic E-state index is 12.2. The van der Waals surface area contributed by atoms with Crippen molar-refractivity contribution in [3.63, 3.8) is 0 Å². The fraction of sp³-hybridized carbons (Fsp3) is 0.400. The van der Waals surface area contributed by atoms with E-state index in [9.17, 15) is 9.59 Å². The molecule has 126 valence electrons. The Morgan fingerprint density at radius 2 is 2.12 bits per heavy atom. The van der Waals surface area contributed by atoms with Crippen molar-refractivity contribution in [2.45, 2.75) is 20.8 Å². The van der Waals surface area contributed by atoms with Gasteiger partial charge in [-0.3, -0.25) is 9.59 Å². The zero-order valence-corrected chi connectivity index (χ0v) is 15.9. The van der Waals surface area contributed by atoms with Gasteiger partial charge in [-0.25, -0.2) is 9.98 Å². The van der Waals surface area contributed by atoms with Gasteiger partial charge >= 0.3 is 0 Å². The van der Waals surface area contributed by atoms with E-state index in [1.165, 1.54) is 23.1 Å². The number of rotatable bonds is 5. The average Bonchev–Trinajstić information content (AvgIpc) is 3.03. The Morgan fingerprint density at radius 1 is 1.33 bits per heavy atom. The Morgan fingerprint density at radius 3 is 2.83 bits per heavy atom. The topological polar surface area (TPSA) is 83.8 Å². The highest BCUT2D eigenvalue weighted by atomic mass is 32.2. The Hall–Kier alpha value is -1.45. The minimum absolute atomic E-state index is 0.119. The van der Waals surface area contributed by atoms with Crippen molar-refractivity contribution in [3.8, 4) is 0 Å². The number of carbonyl (C=O) groups excluding carboxylic acids is 2. The first-order valence-corrected chi connectivity index (χ1v) is 10.1. The molecule has 0 saturated heterocycles. The van der Waals surface area contributed by atoms with Crippen molar-refractivity contribution in [3.05, 3.63) is 21.6 Å². The summed E-state index contributed by atoms with van der Waals surface area (Å²) >= 11 is 4.36. The fourth-order valence-corrected chi connectivity index (χ4v) is 4.77. The number of aryl methyl sites for hydroxylation is 1. The van der Waals surface area contributed by atoms with E-state index in [0.717, 1.165) is 20.4 Å². The predicted molar refractivity (Wildman–Crippen MR) is 102 cm³/mol. The van der Waals surface area contributed by atoms with Gasteiger partial charge < -0.3 is 5.32 Å². The summed E-state index contributed by atoms with van der Waals surface area (Å²) in [6, 6.07) is 0. The lowest BCUT2D eigenvalue weighted by atomic mass is 10.0. The number of hydrogen-bond donors (Lipinski definition) is 1. The van der Waals surface area contributed by atoms with Crippen LogP contribution in [0.4, 0.5) is 5.13 Å². The van der Waals surface area contributed by atoms with Crippen molar-refractivity contribution in [1.29, 1.82) is 0 Å². The van der Waals surface area contributed by atoms with Crippen molar-refractivity contribution in [2.24, 2.45) is 15.9 Å². The maximum Gasteiger partial charge on any atom is 0.261 e. The number of anilines is 1. The van der Waals surface area contributed by atoms with Gasteiger partial charge in [-0.05, 0) is 31.2 Å². The number of thiazole rings is 1. The van der Waals surface area contributed by atoms with Gasteiger partial charge in [0.25, 0.3) is 5.91 Å². The molecule has 3 rings (SSSR count). The number of hydrogen-bond acceptors (Lipinski definition) is 7. The Labute approximate surface area is 152 Å². The summed E-state index contributed by atoms with van der Waals surface area (Å²) in [6.07, 6.45) is 1.72. The lowest BCUT2D eigenvalue weighted by molar-refractivity contribution is -0.118. The molecule has 1 aromatic heterocycles. The summed E-state index contributed by atoms with van der Waals surface area (Å²) in [5, 5.41) is 4.16. The van der Waals surface area contributed by atoms with Crippen molar-refractivity contribution in [1.82, 2.24) is 4.98 Å². The minimum atomic E-state index is -0.291. The van der Waals surface area contributed by atoms with E-state index in [1.807, 2.05) is 20.8 Å². The number of amides is 2. The van der Waals surface area contributed by atoms with E-state index in [2.05, 4.69) is 20.3 Å². The van der Waals surface area contributed by atoms with Crippen LogP contribution in [0.25, 0.3) is 0 Å². The highest BCUT2D eigenvalue weighted by Crippen LogP contribution is 2.40. The Balaban J connectivity index is 1.51. The molecule has 1 aromatic rings. The highest BCUT2D eigenvalue weighted by molar-refractivity contribution is 8.17. The molecule has 0 spiro atoms. The molecule has 0 aliphatic carbocycles. The summed E-state index contributed by atoms with van der Waals surface area (Å²) in [6.45, 7) is 5.88. The number of carbonyl (C=O) groups is 2. The molecule has 1 N–H and O–H groups in total. The number of fused-ring (bicyclic) bond motifs is 1. The lowest BCUT2D eigenvalue weighted by Gasteiger charge is -2.14. The number of nitrogens with zero attached hydrogens (tertiary/aromatic N) is 3. The van der Waals surface area contributed by atoms with E-state index in [-0.39, 0.29) is 23.5 Å². The SMILES string of the molecule is CC1=C(C)C2C(=O)N=C(CSCC(=O)Nc3ncc(C)s3)N=C2S1. The van der Waals surface area contributed by atoms with Crippen LogP contribution in [-0.4, -0.2) is 39.2 Å². The third-order valence-corrected chi connectivity index (χ3v) is 6.47. The van der Waals surface area contributed by atoms with E-state index in [1.54, 1.807) is 18.0 Å². The van der Waals surface area contributed by atoms with Crippen LogP contribution in [0.2, 0.25) is 0 Å². The number of aliphatic imine (C=N–C) groups is 2. The standard InChI is InChI=1S/C15H16N4O2S3/c1-7-4-16-15(23-7)19-11(20)6-22-5-10-17-13(21)12-8(2)9(3)24-14(12)18-10/h4,12H,5-6H2,1-3H3,(H,16,19,20). The zero-order chi connectivity index (χ0) is 17.3. The summed E-state index contributed by atoms with van der Waals surface area (Å²) in [5.74, 6) is 0.629. The molecule has 0 fully saturated rings. The number of allylic oxidation sites excluding steroid dienone is 1. The summed E-state index contributed by atoms with van der Waals surface area (Å²) < 4.78 is 0. The number of thioether (sulfide) groups is 2. The van der Waals surface area contributed by atoms with Crippen LogP contribution in [0, 0.1) is 12.8 Å². The second kappa shape index (κ2) is 7.20. The van der Waals surface area contributed by atoms with Gasteiger partial charge in [0.2, 0.25) is 5.91 Å². The minimum Gasteiger partial charge on any atom is -0.301 e. The van der Waals surface area contributed by atoms with Crippen LogP contribution in [0.3, 0.4) is 0 Å². The van der Waals surface area contributed by atoms with Crippen LogP contribution >= 0.6 is 34.9 Å². The summed E-state index contributed by atoms with van der Waals surface area (Å²) in [5.41, 5.74) is 1.04. The first-order chi connectivity index (χ1) is 11.4. The second-order valence-corrected chi connectivity index (χ2v) is 8.86. The third kappa shape index (κ3) is 3.79. The normalized spacial score (nSPS) is 20.0. The molecule has 0 radical (unpaired) electrons. The van der Waals surface area contributed by atoms with E-state index >= 15 is 0 Å². The molecule has 24 heavy (non-hydrogen) atoms. The van der Waals surface area contributed by atoms with Gasteiger partial charge in [0.1, 0.15) is 11.8 Å². The smallest absolute Gasteiger partial charge is 0.261 e. The van der Waals surface area contributed by atoms with Gasteiger partial charge in [-0.1, -0.05) is 11.8 Å². The van der Waals surface area contributed by atoms with Crippen LogP contribution in [0.15, 0.2) is 26.7 Å². The van der Waals surface area contributed by atoms with Crippen LogP contribution in [-0.2, 0) is 9.59 Å². The van der Waals surface area contributed by atoms with Gasteiger partial charge in [-0.2, -0.15) is 4.99 Å². The molecule has 9 heteroatoms. The number of nitrogens with one attached hydrogen (secondary N) is 1. The largest absolute Gasteiger partial charge is 0.301 e. The quantitative estimate of drug-likeness (QED) is 0.848. The monoisotopic (exact) mass is 380 g/mol. The summed E-state index contributed by atoms with van der Waals surface area (Å²) in [7, 11) is 0. The Kier molecular flexibility index (Phi) is 5.21. The van der Waals surface area contributed by atoms with Gasteiger partial charge in [0, 0.05) is 11.1 Å². The van der Waals surface area contributed by atoms with Gasteiger partial charge in [0.15, 0.2) is 5.13 Å². The van der Waals surface area contributed by atoms with Gasteiger partial charge in [0.05, 0.1) is 16.5 Å². The average molecular weight is 381 g/mol. The number of aromatic nitrogens is 1. The fourth-order valence-electron chi connectivity index (χ4n) is 2.27. The lowest BCUT2D eigenvalue weighted by Crippen LogP contribution is -2.26. The van der Waals surface area contributed by atoms with E-state index in [0.29, 0.717) is 16.7 Å². The predicted octanol–water partition coefficient (Wildman–Crippen LogP) is 3.12. The molecule has 2 aliphatic heterocycles. The molecule has 0 aromatic carbocycles. The highest BCUT2D eigenvalue weighted by Gasteiger charge is 2.36. The molecule has 0 bridgehead atoms. The van der Waals surface area contributed by atoms with Gasteiger partial charge in [-0.15, -0.1) is 23.1 Å². The molecule has 1 atom stereocenters. The van der Waals surface area contributed by atoms with Crippen molar-refractivity contribution in [2.75, 3.05) is 16.8 Å². The third-order valence-electron chi connectivity index (χ3n) is 3.55. The Bertz CT molecular complexity index is 794. The molecule has 6 nitrogen and oxygen atoms in total. The van der Waals surface area contributed by atoms with Crippen molar-refractivity contribution >= 4 is 62.7 Å². The van der Waals surface area contributed by atoms with Crippen LogP contribution < -0.4 is 5.32 Å². The number of amidine groups is 1. The maximum atomic E-state index is 12.2. The molecule has 0 saturated carbocycles. The molecular formula is C15H16N4O2S3. The summed E-state index contributed by atoms with van der Waals surface area (Å²) in [4.78, 5) is 38.9. The van der Waals surface area contributed by atoms with E-state index in [4.69, 9.17) is 0 Å². The van der Waals surface area contributed by atoms with Crippen LogP contribution in [0.5, 0.6) is 0 Å². The zero-order valence-electron chi connectivity index (χ0n) is 13.5. The van der Waals surface area contributed by atoms with Crippen LogP contribution in [0.1, 0.15) is 18.7 Å². The second-order valence-electron chi connectivity index (χ2n) is 5.41. The molecule has 2 amide bonds. The molecule has 1 unspecified atom stereocenters.